The Morgan fingerprint density at radius 3 is 2.48 bits per heavy atom. The van der Waals surface area contributed by atoms with Crippen LogP contribution in [0.1, 0.15) is 42.5 Å². The van der Waals surface area contributed by atoms with Gasteiger partial charge in [0.2, 0.25) is 0 Å². The Labute approximate surface area is 180 Å². The van der Waals surface area contributed by atoms with Gasteiger partial charge in [-0.1, -0.05) is 0 Å². The van der Waals surface area contributed by atoms with Crippen LogP contribution in [0.4, 0.5) is 0 Å². The molecule has 0 saturated heterocycles. The predicted octanol–water partition coefficient (Wildman–Crippen LogP) is 2.88. The molecule has 0 amide bonds. The van der Waals surface area contributed by atoms with Gasteiger partial charge in [-0.3, -0.25) is 4.79 Å². The SMILES string of the molecule is COC(=O)c1cn(CCC2CCC(O)CC2)cc2c(=O)n(-c3ccc(OC)cc3)nc1-2. The minimum absolute atomic E-state index is 0.182. The van der Waals surface area contributed by atoms with Crippen molar-refractivity contribution in [2.24, 2.45) is 5.92 Å². The third kappa shape index (κ3) is 4.34. The van der Waals surface area contributed by atoms with Gasteiger partial charge in [0.1, 0.15) is 17.0 Å². The number of benzene rings is 1. The molecular formula is C23H27N3O5. The number of nitrogens with zero attached hydrogens (tertiary/aromatic N) is 3. The van der Waals surface area contributed by atoms with E-state index in [0.29, 0.717) is 35.2 Å². The number of aromatic nitrogens is 3. The lowest BCUT2D eigenvalue weighted by molar-refractivity contribution is 0.0600. The lowest BCUT2D eigenvalue weighted by Gasteiger charge is -2.25. The van der Waals surface area contributed by atoms with E-state index in [9.17, 15) is 14.7 Å². The van der Waals surface area contributed by atoms with Crippen LogP contribution in [0.3, 0.4) is 0 Å². The number of aliphatic hydroxyl groups is 1. The van der Waals surface area contributed by atoms with E-state index in [2.05, 4.69) is 5.10 Å². The normalized spacial score (nSPS) is 18.8. The molecule has 0 unspecified atom stereocenters. The number of carbonyl (C=O) groups is 1. The van der Waals surface area contributed by atoms with E-state index in [1.165, 1.54) is 11.8 Å². The summed E-state index contributed by atoms with van der Waals surface area (Å²) in [6, 6.07) is 7.00. The van der Waals surface area contributed by atoms with Crippen molar-refractivity contribution in [3.8, 4) is 22.7 Å². The molecule has 1 aliphatic carbocycles. The summed E-state index contributed by atoms with van der Waals surface area (Å²) in [6.45, 7) is 0.674. The average Bonchev–Trinajstić information content (AvgIpc) is 3.14. The van der Waals surface area contributed by atoms with E-state index < -0.39 is 5.97 Å². The highest BCUT2D eigenvalue weighted by Gasteiger charge is 2.25. The van der Waals surface area contributed by atoms with Crippen molar-refractivity contribution in [2.75, 3.05) is 14.2 Å². The molecule has 0 spiro atoms. The summed E-state index contributed by atoms with van der Waals surface area (Å²) >= 11 is 0. The fraction of sp³-hybridized carbons (Fsp3) is 0.435. The number of carbonyl (C=O) groups excluding carboxylic acids is 1. The van der Waals surface area contributed by atoms with Gasteiger partial charge >= 0.3 is 5.97 Å². The van der Waals surface area contributed by atoms with Gasteiger partial charge in [-0.2, -0.15) is 9.78 Å². The summed E-state index contributed by atoms with van der Waals surface area (Å²) in [6.07, 6.45) is 7.86. The molecule has 4 rings (SSSR count). The fourth-order valence-corrected chi connectivity index (χ4v) is 4.21. The quantitative estimate of drug-likeness (QED) is 0.610. The lowest BCUT2D eigenvalue weighted by atomic mass is 9.85. The number of aryl methyl sites for hydroxylation is 1. The highest BCUT2D eigenvalue weighted by atomic mass is 16.5. The molecule has 0 bridgehead atoms. The van der Waals surface area contributed by atoms with Gasteiger partial charge in [-0.25, -0.2) is 4.79 Å². The highest BCUT2D eigenvalue weighted by molar-refractivity contribution is 5.96. The lowest BCUT2D eigenvalue weighted by Crippen LogP contribution is -2.20. The topological polar surface area (TPSA) is 95.6 Å². The molecule has 1 saturated carbocycles. The molecule has 8 nitrogen and oxygen atoms in total. The van der Waals surface area contributed by atoms with E-state index in [0.717, 1.165) is 32.1 Å². The van der Waals surface area contributed by atoms with Crippen molar-refractivity contribution in [1.82, 2.24) is 14.3 Å². The van der Waals surface area contributed by atoms with E-state index >= 15 is 0 Å². The summed E-state index contributed by atoms with van der Waals surface area (Å²) in [4.78, 5) is 25.5. The first-order valence-electron chi connectivity index (χ1n) is 10.5. The van der Waals surface area contributed by atoms with E-state index in [1.54, 1.807) is 43.8 Å². The molecule has 8 heteroatoms. The van der Waals surface area contributed by atoms with Crippen LogP contribution in [0.25, 0.3) is 16.9 Å². The Bertz CT molecular complexity index is 1080. The second-order valence-corrected chi connectivity index (χ2v) is 8.04. The largest absolute Gasteiger partial charge is 0.497 e. The molecule has 2 aliphatic heterocycles. The second-order valence-electron chi connectivity index (χ2n) is 8.04. The minimum Gasteiger partial charge on any atom is -0.497 e. The third-order valence-electron chi connectivity index (χ3n) is 6.06. The van der Waals surface area contributed by atoms with Crippen LogP contribution in [-0.2, 0) is 11.3 Å². The van der Waals surface area contributed by atoms with Gasteiger partial charge in [0.25, 0.3) is 5.56 Å². The molecule has 2 heterocycles. The smallest absolute Gasteiger partial charge is 0.341 e. The Morgan fingerprint density at radius 2 is 1.84 bits per heavy atom. The number of hydrogen-bond donors (Lipinski definition) is 1. The molecule has 31 heavy (non-hydrogen) atoms. The Kier molecular flexibility index (Phi) is 6.08. The molecular weight excluding hydrogens is 398 g/mol. The van der Waals surface area contributed by atoms with Crippen LogP contribution in [0, 0.1) is 5.92 Å². The second kappa shape index (κ2) is 8.93. The monoisotopic (exact) mass is 425 g/mol. The zero-order valence-electron chi connectivity index (χ0n) is 17.8. The van der Waals surface area contributed by atoms with Gasteiger partial charge in [0.05, 0.1) is 31.6 Å². The van der Waals surface area contributed by atoms with Gasteiger partial charge < -0.3 is 19.1 Å². The van der Waals surface area contributed by atoms with Crippen molar-refractivity contribution < 1.29 is 19.4 Å². The van der Waals surface area contributed by atoms with Crippen LogP contribution in [0.5, 0.6) is 5.75 Å². The summed E-state index contributed by atoms with van der Waals surface area (Å²) in [7, 11) is 2.89. The number of fused-ring (bicyclic) bond motifs is 1. The Hall–Kier alpha value is -3.13. The zero-order valence-corrected chi connectivity index (χ0v) is 17.8. The first-order valence-corrected chi connectivity index (χ1v) is 10.5. The standard InChI is InChI=1S/C23H27N3O5/c1-30-18-9-5-16(6-10-18)26-22(28)19-13-25(12-11-15-3-7-17(27)8-4-15)14-20(21(19)24-26)23(29)31-2/h5-6,9-10,13-15,17,27H,3-4,7-8,11-12H2,1-2H3. The number of hydrogen-bond acceptors (Lipinski definition) is 6. The average molecular weight is 425 g/mol. The summed E-state index contributed by atoms with van der Waals surface area (Å²) in [5, 5.41) is 14.1. The van der Waals surface area contributed by atoms with Crippen LogP contribution in [0.15, 0.2) is 41.5 Å². The molecule has 1 fully saturated rings. The first-order chi connectivity index (χ1) is 15.0. The van der Waals surface area contributed by atoms with Crippen molar-refractivity contribution in [3.63, 3.8) is 0 Å². The highest BCUT2D eigenvalue weighted by Crippen LogP contribution is 2.28. The summed E-state index contributed by atoms with van der Waals surface area (Å²) in [5.74, 6) is 0.678. The maximum Gasteiger partial charge on any atom is 0.341 e. The molecule has 1 N–H and O–H groups in total. The van der Waals surface area contributed by atoms with E-state index in [1.807, 2.05) is 4.57 Å². The number of ether oxygens (including phenoxy) is 2. The molecule has 164 valence electrons. The maximum absolute atomic E-state index is 13.1. The number of esters is 1. The van der Waals surface area contributed by atoms with Crippen molar-refractivity contribution >= 4 is 5.97 Å². The predicted molar refractivity (Wildman–Crippen MR) is 115 cm³/mol. The zero-order chi connectivity index (χ0) is 22.0. The molecule has 0 atom stereocenters. The van der Waals surface area contributed by atoms with Crippen molar-refractivity contribution in [2.45, 2.75) is 44.8 Å². The maximum atomic E-state index is 13.1. The number of methoxy groups -OCH3 is 2. The summed E-state index contributed by atoms with van der Waals surface area (Å²) in [5.41, 5.74) is 1.26. The van der Waals surface area contributed by atoms with Gasteiger partial charge in [-0.05, 0) is 62.3 Å². The molecule has 1 aromatic carbocycles. The van der Waals surface area contributed by atoms with Crippen LogP contribution in [-0.4, -0.2) is 45.7 Å². The van der Waals surface area contributed by atoms with Crippen LogP contribution in [0.2, 0.25) is 0 Å². The fourth-order valence-electron chi connectivity index (χ4n) is 4.21. The van der Waals surface area contributed by atoms with Gasteiger partial charge in [0, 0.05) is 18.9 Å². The molecule has 0 aromatic heterocycles. The molecule has 1 aromatic rings. The van der Waals surface area contributed by atoms with Crippen LogP contribution >= 0.6 is 0 Å². The first kappa shape index (κ1) is 21.1. The third-order valence-corrected chi connectivity index (χ3v) is 6.06. The van der Waals surface area contributed by atoms with Gasteiger partial charge in [0.15, 0.2) is 0 Å². The Morgan fingerprint density at radius 1 is 1.13 bits per heavy atom. The van der Waals surface area contributed by atoms with Gasteiger partial charge in [-0.15, -0.1) is 0 Å². The molecule has 3 aliphatic rings. The van der Waals surface area contributed by atoms with Crippen molar-refractivity contribution in [1.29, 1.82) is 0 Å². The number of rotatable bonds is 6. The van der Waals surface area contributed by atoms with E-state index in [-0.39, 0.29) is 17.2 Å². The summed E-state index contributed by atoms with van der Waals surface area (Å²) < 4.78 is 13.3. The molecule has 0 radical (unpaired) electrons. The van der Waals surface area contributed by atoms with Crippen LogP contribution < -0.4 is 10.3 Å². The van der Waals surface area contributed by atoms with Crippen molar-refractivity contribution in [3.05, 3.63) is 52.6 Å². The minimum atomic E-state index is -0.528. The van der Waals surface area contributed by atoms with E-state index in [4.69, 9.17) is 9.47 Å². The Balaban J connectivity index is 1.68. The number of aliphatic hydroxyl groups excluding tert-OH is 1. The number of pyridine rings is 1.